The Balaban J connectivity index is 1.36. The Morgan fingerprint density at radius 3 is 1.14 bits per heavy atom. The Bertz CT molecular complexity index is 2460. The van der Waals surface area contributed by atoms with Gasteiger partial charge in [-0.3, -0.25) is 0 Å². The largest absolute Gasteiger partial charge is 0.0616 e. The van der Waals surface area contributed by atoms with Crippen LogP contribution in [0.15, 0.2) is 158 Å². The van der Waals surface area contributed by atoms with Crippen LogP contribution in [0.4, 0.5) is 0 Å². The molecule has 0 aliphatic heterocycles. The standard InChI is InChI=1S/C42H26/c1-3-11-33-27(9-1)19-21-30-25-31(23-24-35(30)33)41-36-13-5-7-15-38(36)42(39-16-8-6-14-37(39)41)32-22-20-29-18-17-28-10-2-4-12-34(28)40(29)26-32/h1-26H. The van der Waals surface area contributed by atoms with Crippen molar-refractivity contribution in [3.05, 3.63) is 158 Å². The topological polar surface area (TPSA) is 0 Å². The van der Waals surface area contributed by atoms with Crippen molar-refractivity contribution in [2.75, 3.05) is 0 Å². The maximum Gasteiger partial charge on any atom is -0.00261 e. The molecule has 9 aromatic carbocycles. The molecule has 0 amide bonds. The Labute approximate surface area is 244 Å². The fourth-order valence-electron chi connectivity index (χ4n) is 7.08. The second-order valence-corrected chi connectivity index (χ2v) is 11.3. The highest BCUT2D eigenvalue weighted by molar-refractivity contribution is 6.23. The lowest BCUT2D eigenvalue weighted by Crippen LogP contribution is -1.91. The summed E-state index contributed by atoms with van der Waals surface area (Å²) < 4.78 is 0. The van der Waals surface area contributed by atoms with Gasteiger partial charge in [-0.1, -0.05) is 146 Å². The molecule has 0 aliphatic carbocycles. The van der Waals surface area contributed by atoms with Crippen LogP contribution in [0, 0.1) is 0 Å². The normalized spacial score (nSPS) is 11.8. The van der Waals surface area contributed by atoms with Crippen molar-refractivity contribution in [3.63, 3.8) is 0 Å². The smallest absolute Gasteiger partial charge is 0.00261 e. The van der Waals surface area contributed by atoms with E-state index in [0.29, 0.717) is 0 Å². The van der Waals surface area contributed by atoms with E-state index >= 15 is 0 Å². The molecule has 9 aromatic rings. The van der Waals surface area contributed by atoms with Gasteiger partial charge in [0.2, 0.25) is 0 Å². The van der Waals surface area contributed by atoms with Crippen LogP contribution >= 0.6 is 0 Å². The Morgan fingerprint density at radius 1 is 0.214 bits per heavy atom. The van der Waals surface area contributed by atoms with E-state index in [1.165, 1.54) is 86.9 Å². The summed E-state index contributed by atoms with van der Waals surface area (Å²) in [5.74, 6) is 0. The predicted octanol–water partition coefficient (Wildman–Crippen LogP) is 11.9. The Kier molecular flexibility index (Phi) is 5.00. The van der Waals surface area contributed by atoms with E-state index in [9.17, 15) is 0 Å². The molecule has 0 unspecified atom stereocenters. The molecule has 0 radical (unpaired) electrons. The van der Waals surface area contributed by atoms with Crippen LogP contribution < -0.4 is 0 Å². The molecular formula is C42H26. The molecule has 0 nitrogen and oxygen atoms in total. The molecule has 194 valence electrons. The van der Waals surface area contributed by atoms with E-state index in [0.717, 1.165) is 0 Å². The zero-order chi connectivity index (χ0) is 27.6. The average molecular weight is 531 g/mol. The zero-order valence-corrected chi connectivity index (χ0v) is 23.0. The average Bonchev–Trinajstić information content (AvgIpc) is 3.06. The van der Waals surface area contributed by atoms with Crippen molar-refractivity contribution in [1.29, 1.82) is 0 Å². The SMILES string of the molecule is c1ccc2c(c1)ccc1cc(-c3c4ccccc4c(-c4ccc5ccc6ccccc6c5c4)c4ccccc34)ccc12. The quantitative estimate of drug-likeness (QED) is 0.154. The van der Waals surface area contributed by atoms with Gasteiger partial charge in [0.05, 0.1) is 0 Å². The monoisotopic (exact) mass is 530 g/mol. The second kappa shape index (κ2) is 9.03. The van der Waals surface area contributed by atoms with Crippen molar-refractivity contribution in [2.24, 2.45) is 0 Å². The molecule has 9 rings (SSSR count). The first kappa shape index (κ1) is 23.3. The summed E-state index contributed by atoms with van der Waals surface area (Å²) in [4.78, 5) is 0. The van der Waals surface area contributed by atoms with Gasteiger partial charge in [-0.25, -0.2) is 0 Å². The van der Waals surface area contributed by atoms with Gasteiger partial charge in [-0.2, -0.15) is 0 Å². The van der Waals surface area contributed by atoms with Crippen LogP contribution in [0.2, 0.25) is 0 Å². The molecule has 0 heteroatoms. The molecule has 0 aromatic heterocycles. The minimum atomic E-state index is 1.25. The molecule has 0 saturated heterocycles. The highest BCUT2D eigenvalue weighted by Crippen LogP contribution is 2.45. The summed E-state index contributed by atoms with van der Waals surface area (Å²) in [5, 5.41) is 15.4. The van der Waals surface area contributed by atoms with Gasteiger partial charge < -0.3 is 0 Å². The number of hydrogen-bond acceptors (Lipinski definition) is 0. The fourth-order valence-corrected chi connectivity index (χ4v) is 7.08. The van der Waals surface area contributed by atoms with E-state index in [-0.39, 0.29) is 0 Å². The van der Waals surface area contributed by atoms with Crippen molar-refractivity contribution >= 4 is 64.6 Å². The summed E-state index contributed by atoms with van der Waals surface area (Å²) in [6.07, 6.45) is 0. The number of fused-ring (bicyclic) bond motifs is 8. The highest BCUT2D eigenvalue weighted by Gasteiger charge is 2.17. The van der Waals surface area contributed by atoms with Crippen molar-refractivity contribution in [3.8, 4) is 22.3 Å². The van der Waals surface area contributed by atoms with Gasteiger partial charge in [0.15, 0.2) is 0 Å². The molecule has 0 bridgehead atoms. The van der Waals surface area contributed by atoms with Gasteiger partial charge in [0.1, 0.15) is 0 Å². The lowest BCUT2D eigenvalue weighted by Gasteiger charge is -2.18. The first-order valence-corrected chi connectivity index (χ1v) is 14.6. The van der Waals surface area contributed by atoms with Crippen LogP contribution in [0.25, 0.3) is 86.9 Å². The first-order chi connectivity index (χ1) is 20.8. The summed E-state index contributed by atoms with van der Waals surface area (Å²) in [6, 6.07) is 58.2. The van der Waals surface area contributed by atoms with Gasteiger partial charge in [-0.15, -0.1) is 0 Å². The van der Waals surface area contributed by atoms with Crippen LogP contribution in [-0.2, 0) is 0 Å². The third-order valence-electron chi connectivity index (χ3n) is 9.00. The molecule has 0 spiro atoms. The molecule has 0 heterocycles. The fraction of sp³-hybridized carbons (Fsp3) is 0. The number of rotatable bonds is 2. The first-order valence-electron chi connectivity index (χ1n) is 14.6. The van der Waals surface area contributed by atoms with Crippen molar-refractivity contribution in [1.82, 2.24) is 0 Å². The van der Waals surface area contributed by atoms with Crippen molar-refractivity contribution in [2.45, 2.75) is 0 Å². The van der Waals surface area contributed by atoms with Crippen LogP contribution in [0.5, 0.6) is 0 Å². The number of hydrogen-bond donors (Lipinski definition) is 0. The molecule has 42 heavy (non-hydrogen) atoms. The molecule has 0 atom stereocenters. The van der Waals surface area contributed by atoms with E-state index in [1.807, 2.05) is 0 Å². The van der Waals surface area contributed by atoms with Gasteiger partial charge in [-0.05, 0) is 99.0 Å². The Hall–Kier alpha value is -5.46. The van der Waals surface area contributed by atoms with Crippen LogP contribution in [-0.4, -0.2) is 0 Å². The molecule has 0 fully saturated rings. The van der Waals surface area contributed by atoms with E-state index in [1.54, 1.807) is 0 Å². The number of benzene rings is 9. The lowest BCUT2D eigenvalue weighted by atomic mass is 9.85. The zero-order valence-electron chi connectivity index (χ0n) is 23.0. The third-order valence-corrected chi connectivity index (χ3v) is 9.00. The van der Waals surface area contributed by atoms with E-state index < -0.39 is 0 Å². The minimum absolute atomic E-state index is 1.25. The van der Waals surface area contributed by atoms with Crippen molar-refractivity contribution < 1.29 is 0 Å². The maximum atomic E-state index is 2.40. The molecule has 0 aliphatic rings. The van der Waals surface area contributed by atoms with E-state index in [2.05, 4.69) is 158 Å². The summed E-state index contributed by atoms with van der Waals surface area (Å²) >= 11 is 0. The summed E-state index contributed by atoms with van der Waals surface area (Å²) in [6.45, 7) is 0. The predicted molar refractivity (Wildman–Crippen MR) is 182 cm³/mol. The maximum absolute atomic E-state index is 2.40. The van der Waals surface area contributed by atoms with Gasteiger partial charge in [0, 0.05) is 0 Å². The second-order valence-electron chi connectivity index (χ2n) is 11.3. The van der Waals surface area contributed by atoms with Crippen LogP contribution in [0.1, 0.15) is 0 Å². The highest BCUT2D eigenvalue weighted by atomic mass is 14.2. The Morgan fingerprint density at radius 2 is 0.571 bits per heavy atom. The van der Waals surface area contributed by atoms with E-state index in [4.69, 9.17) is 0 Å². The summed E-state index contributed by atoms with van der Waals surface area (Å²) in [7, 11) is 0. The summed E-state index contributed by atoms with van der Waals surface area (Å²) in [5.41, 5.74) is 5.10. The molecule has 0 saturated carbocycles. The lowest BCUT2D eigenvalue weighted by molar-refractivity contribution is 1.69. The van der Waals surface area contributed by atoms with Crippen LogP contribution in [0.3, 0.4) is 0 Å². The molecular weight excluding hydrogens is 504 g/mol. The van der Waals surface area contributed by atoms with Gasteiger partial charge in [0.25, 0.3) is 0 Å². The third kappa shape index (κ3) is 3.42. The van der Waals surface area contributed by atoms with Gasteiger partial charge >= 0.3 is 0 Å². The molecule has 0 N–H and O–H groups in total. The minimum Gasteiger partial charge on any atom is -0.0616 e.